The molecule has 1 aromatic carbocycles. The maximum atomic E-state index is 9.32. The van der Waals surface area contributed by atoms with E-state index in [4.69, 9.17) is 23.2 Å². The Morgan fingerprint density at radius 1 is 1.39 bits per heavy atom. The summed E-state index contributed by atoms with van der Waals surface area (Å²) in [6.45, 7) is 3.24. The lowest BCUT2D eigenvalue weighted by Gasteiger charge is -2.22. The maximum Gasteiger partial charge on any atom is 0.0499 e. The molecule has 1 aromatic rings. The van der Waals surface area contributed by atoms with Crippen LogP contribution in [0.3, 0.4) is 0 Å². The molecule has 0 aliphatic heterocycles. The lowest BCUT2D eigenvalue weighted by atomic mass is 10.0. The first-order valence-corrected chi connectivity index (χ1v) is 7.15. The molecular formula is C14H19Cl2NO. The molecule has 1 aliphatic rings. The van der Waals surface area contributed by atoms with Crippen molar-refractivity contribution in [3.63, 3.8) is 0 Å². The molecule has 2 N–H and O–H groups in total. The Labute approximate surface area is 118 Å². The smallest absolute Gasteiger partial charge is 0.0499 e. The third kappa shape index (κ3) is 3.18. The standard InChI is InChI=1S/C14H19Cl2NO/c1-2-13(17-8-14(9-18)5-6-14)11-4-3-10(15)7-12(11)16/h3-4,7,13,17-18H,2,5-6,8-9H2,1H3. The maximum absolute atomic E-state index is 9.32. The van der Waals surface area contributed by atoms with Gasteiger partial charge in [0.2, 0.25) is 0 Å². The number of rotatable bonds is 6. The fraction of sp³-hybridized carbons (Fsp3) is 0.571. The Bertz CT molecular complexity index is 418. The fourth-order valence-electron chi connectivity index (χ4n) is 2.17. The van der Waals surface area contributed by atoms with Gasteiger partial charge in [0.15, 0.2) is 0 Å². The molecule has 0 heterocycles. The van der Waals surface area contributed by atoms with Gasteiger partial charge < -0.3 is 10.4 Å². The SMILES string of the molecule is CCC(NCC1(CO)CC1)c1ccc(Cl)cc1Cl. The predicted molar refractivity (Wildman–Crippen MR) is 76.2 cm³/mol. The highest BCUT2D eigenvalue weighted by atomic mass is 35.5. The van der Waals surface area contributed by atoms with Crippen LogP contribution >= 0.6 is 23.2 Å². The van der Waals surface area contributed by atoms with Crippen LogP contribution in [-0.2, 0) is 0 Å². The highest BCUT2D eigenvalue weighted by Crippen LogP contribution is 2.44. The summed E-state index contributed by atoms with van der Waals surface area (Å²) in [4.78, 5) is 0. The van der Waals surface area contributed by atoms with Gasteiger partial charge in [-0.15, -0.1) is 0 Å². The number of hydrogen-bond donors (Lipinski definition) is 2. The first kappa shape index (κ1) is 14.1. The van der Waals surface area contributed by atoms with Crippen LogP contribution < -0.4 is 5.32 Å². The zero-order valence-electron chi connectivity index (χ0n) is 10.5. The summed E-state index contributed by atoms with van der Waals surface area (Å²) in [5.41, 5.74) is 1.20. The molecule has 2 rings (SSSR count). The van der Waals surface area contributed by atoms with Gasteiger partial charge in [-0.3, -0.25) is 0 Å². The van der Waals surface area contributed by atoms with Crippen LogP contribution in [0.4, 0.5) is 0 Å². The molecular weight excluding hydrogens is 269 g/mol. The van der Waals surface area contributed by atoms with E-state index in [9.17, 15) is 5.11 Å². The molecule has 0 aromatic heterocycles. The van der Waals surface area contributed by atoms with Crippen LogP contribution in [0.2, 0.25) is 10.0 Å². The molecule has 1 atom stereocenters. The summed E-state index contributed by atoms with van der Waals surface area (Å²) in [6, 6.07) is 5.84. The summed E-state index contributed by atoms with van der Waals surface area (Å²) in [5, 5.41) is 14.2. The van der Waals surface area contributed by atoms with Gasteiger partial charge in [0.1, 0.15) is 0 Å². The van der Waals surface area contributed by atoms with Crippen molar-refractivity contribution in [3.05, 3.63) is 33.8 Å². The van der Waals surface area contributed by atoms with Crippen molar-refractivity contribution >= 4 is 23.2 Å². The molecule has 1 unspecified atom stereocenters. The van der Waals surface area contributed by atoms with Crippen LogP contribution in [-0.4, -0.2) is 18.3 Å². The first-order chi connectivity index (χ1) is 8.60. The number of aliphatic hydroxyl groups is 1. The number of nitrogens with one attached hydrogen (secondary N) is 1. The van der Waals surface area contributed by atoms with Gasteiger partial charge in [-0.05, 0) is 37.0 Å². The normalized spacial score (nSPS) is 18.7. The van der Waals surface area contributed by atoms with E-state index in [0.29, 0.717) is 10.0 Å². The Morgan fingerprint density at radius 2 is 2.11 bits per heavy atom. The average molecular weight is 288 g/mol. The van der Waals surface area contributed by atoms with E-state index in [1.807, 2.05) is 12.1 Å². The lowest BCUT2D eigenvalue weighted by Crippen LogP contribution is -2.30. The molecule has 2 nitrogen and oxygen atoms in total. The van der Waals surface area contributed by atoms with Crippen LogP contribution in [0.25, 0.3) is 0 Å². The van der Waals surface area contributed by atoms with Gasteiger partial charge >= 0.3 is 0 Å². The van der Waals surface area contributed by atoms with Gasteiger partial charge in [0.25, 0.3) is 0 Å². The van der Waals surface area contributed by atoms with Crippen LogP contribution in [0, 0.1) is 5.41 Å². The van der Waals surface area contributed by atoms with Crippen molar-refractivity contribution in [1.82, 2.24) is 5.32 Å². The molecule has 100 valence electrons. The second-order valence-corrected chi connectivity index (χ2v) is 6.01. The largest absolute Gasteiger partial charge is 0.396 e. The van der Waals surface area contributed by atoms with Crippen molar-refractivity contribution in [2.75, 3.05) is 13.2 Å². The molecule has 0 amide bonds. The Kier molecular flexibility index (Phi) is 4.54. The molecule has 1 aliphatic carbocycles. The molecule has 1 saturated carbocycles. The number of benzene rings is 1. The third-order valence-electron chi connectivity index (χ3n) is 3.76. The van der Waals surface area contributed by atoms with E-state index in [1.165, 1.54) is 0 Å². The predicted octanol–water partition coefficient (Wildman–Crippen LogP) is 3.81. The lowest BCUT2D eigenvalue weighted by molar-refractivity contribution is 0.203. The molecule has 0 bridgehead atoms. The van der Waals surface area contributed by atoms with Gasteiger partial charge in [0, 0.05) is 34.7 Å². The van der Waals surface area contributed by atoms with Crippen LogP contribution in [0.5, 0.6) is 0 Å². The van der Waals surface area contributed by atoms with Gasteiger partial charge in [-0.1, -0.05) is 36.2 Å². The van der Waals surface area contributed by atoms with E-state index in [2.05, 4.69) is 12.2 Å². The van der Waals surface area contributed by atoms with Crippen LogP contribution in [0.1, 0.15) is 37.8 Å². The second-order valence-electron chi connectivity index (χ2n) is 5.17. The molecule has 4 heteroatoms. The number of halogens is 2. The van der Waals surface area contributed by atoms with Crippen molar-refractivity contribution in [1.29, 1.82) is 0 Å². The first-order valence-electron chi connectivity index (χ1n) is 6.39. The quantitative estimate of drug-likeness (QED) is 0.834. The number of hydrogen-bond acceptors (Lipinski definition) is 2. The Balaban J connectivity index is 2.03. The van der Waals surface area contributed by atoms with E-state index in [-0.39, 0.29) is 18.1 Å². The third-order valence-corrected chi connectivity index (χ3v) is 4.32. The second kappa shape index (κ2) is 5.79. The Morgan fingerprint density at radius 3 is 2.61 bits per heavy atom. The highest BCUT2D eigenvalue weighted by molar-refractivity contribution is 6.35. The monoisotopic (exact) mass is 287 g/mol. The summed E-state index contributed by atoms with van der Waals surface area (Å²) in [6.07, 6.45) is 3.19. The highest BCUT2D eigenvalue weighted by Gasteiger charge is 2.41. The molecule has 18 heavy (non-hydrogen) atoms. The molecule has 0 saturated heterocycles. The molecule has 1 fully saturated rings. The minimum atomic E-state index is 0.117. The topological polar surface area (TPSA) is 32.3 Å². The van der Waals surface area contributed by atoms with E-state index >= 15 is 0 Å². The van der Waals surface area contributed by atoms with Gasteiger partial charge in [-0.2, -0.15) is 0 Å². The van der Waals surface area contributed by atoms with E-state index < -0.39 is 0 Å². The van der Waals surface area contributed by atoms with Crippen LogP contribution in [0.15, 0.2) is 18.2 Å². The average Bonchev–Trinajstić information content (AvgIpc) is 3.13. The summed E-state index contributed by atoms with van der Waals surface area (Å²) < 4.78 is 0. The fourth-order valence-corrected chi connectivity index (χ4v) is 2.71. The zero-order chi connectivity index (χ0) is 13.2. The van der Waals surface area contributed by atoms with E-state index in [0.717, 1.165) is 31.4 Å². The van der Waals surface area contributed by atoms with Crippen molar-refractivity contribution < 1.29 is 5.11 Å². The van der Waals surface area contributed by atoms with Gasteiger partial charge in [-0.25, -0.2) is 0 Å². The number of aliphatic hydroxyl groups excluding tert-OH is 1. The summed E-state index contributed by atoms with van der Waals surface area (Å²) in [5.74, 6) is 0. The zero-order valence-corrected chi connectivity index (χ0v) is 12.1. The molecule has 0 spiro atoms. The Hall–Kier alpha value is -0.280. The summed E-state index contributed by atoms with van der Waals surface area (Å²) >= 11 is 12.1. The van der Waals surface area contributed by atoms with Crippen molar-refractivity contribution in [3.8, 4) is 0 Å². The van der Waals surface area contributed by atoms with E-state index in [1.54, 1.807) is 6.07 Å². The van der Waals surface area contributed by atoms with Crippen molar-refractivity contribution in [2.45, 2.75) is 32.2 Å². The molecule has 0 radical (unpaired) electrons. The minimum Gasteiger partial charge on any atom is -0.396 e. The minimum absolute atomic E-state index is 0.117. The van der Waals surface area contributed by atoms with Crippen molar-refractivity contribution in [2.24, 2.45) is 5.41 Å². The van der Waals surface area contributed by atoms with Gasteiger partial charge in [0.05, 0.1) is 0 Å². The summed E-state index contributed by atoms with van der Waals surface area (Å²) in [7, 11) is 0.